The van der Waals surface area contributed by atoms with E-state index in [-0.39, 0.29) is 17.7 Å². The largest absolute Gasteiger partial charge is 0.342 e. The summed E-state index contributed by atoms with van der Waals surface area (Å²) >= 11 is 0. The molecule has 0 N–H and O–H groups in total. The molecule has 7 heteroatoms. The van der Waals surface area contributed by atoms with Gasteiger partial charge in [-0.15, -0.1) is 0 Å². The van der Waals surface area contributed by atoms with Crippen LogP contribution in [-0.2, 0) is 9.59 Å². The summed E-state index contributed by atoms with van der Waals surface area (Å²) in [4.78, 5) is 46.5. The Morgan fingerprint density at radius 3 is 2.36 bits per heavy atom. The lowest BCUT2D eigenvalue weighted by atomic mass is 9.85. The molecule has 134 valence electrons. The molecule has 25 heavy (non-hydrogen) atoms. The van der Waals surface area contributed by atoms with Crippen molar-refractivity contribution in [3.63, 3.8) is 0 Å². The molecule has 1 spiro atoms. The van der Waals surface area contributed by atoms with Crippen LogP contribution in [0.3, 0.4) is 0 Å². The Bertz CT molecular complexity index is 678. The summed E-state index contributed by atoms with van der Waals surface area (Å²) in [6, 6.07) is 3.39. The van der Waals surface area contributed by atoms with Crippen LogP contribution in [-0.4, -0.2) is 76.7 Å². The Kier molecular flexibility index (Phi) is 4.74. The molecule has 0 bridgehead atoms. The molecule has 1 aromatic rings. The number of carbonyl (C=O) groups is 3. The minimum atomic E-state index is -0.391. The van der Waals surface area contributed by atoms with E-state index in [0.29, 0.717) is 51.3 Å². The third-order valence-electron chi connectivity index (χ3n) is 5.14. The fraction of sp³-hybridized carbons (Fsp3) is 0.556. The lowest BCUT2D eigenvalue weighted by Gasteiger charge is -2.33. The van der Waals surface area contributed by atoms with E-state index in [9.17, 15) is 14.4 Å². The molecule has 3 rings (SSSR count). The van der Waals surface area contributed by atoms with Crippen LogP contribution in [0.1, 0.15) is 30.6 Å². The molecule has 0 radical (unpaired) electrons. The van der Waals surface area contributed by atoms with E-state index in [1.807, 2.05) is 11.8 Å². The zero-order valence-corrected chi connectivity index (χ0v) is 14.8. The minimum absolute atomic E-state index is 0.0139. The second kappa shape index (κ2) is 6.82. The van der Waals surface area contributed by atoms with Gasteiger partial charge in [0.05, 0.1) is 0 Å². The number of hydrogen-bond acceptors (Lipinski definition) is 4. The zero-order valence-electron chi connectivity index (χ0n) is 14.8. The molecule has 0 aliphatic carbocycles. The topological polar surface area (TPSA) is 73.8 Å². The molecule has 0 saturated carbocycles. The number of carbonyl (C=O) groups excluding carboxylic acids is 3. The quantitative estimate of drug-likeness (QED) is 0.788. The standard InChI is InChI=1S/C18H24N4O3/c1-3-20-11-18(10-16(20)24)12-21(14(2)23)8-9-22(13-18)17(25)15-4-6-19-7-5-15/h4-7H,3,8-13H2,1-2H3/t18-/m1/s1. The number of pyridine rings is 1. The van der Waals surface area contributed by atoms with E-state index in [0.717, 1.165) is 0 Å². The smallest absolute Gasteiger partial charge is 0.254 e. The minimum Gasteiger partial charge on any atom is -0.342 e. The molecular formula is C18H24N4O3. The second-order valence-electron chi connectivity index (χ2n) is 6.99. The number of nitrogens with zero attached hydrogens (tertiary/aromatic N) is 4. The third kappa shape index (κ3) is 3.50. The van der Waals surface area contributed by atoms with Crippen molar-refractivity contribution in [2.24, 2.45) is 5.41 Å². The van der Waals surface area contributed by atoms with Gasteiger partial charge in [0.25, 0.3) is 5.91 Å². The molecule has 2 aliphatic heterocycles. The van der Waals surface area contributed by atoms with E-state index in [1.165, 1.54) is 0 Å². The first-order valence-electron chi connectivity index (χ1n) is 8.67. The van der Waals surface area contributed by atoms with Gasteiger partial charge in [0.1, 0.15) is 0 Å². The van der Waals surface area contributed by atoms with Gasteiger partial charge in [-0.2, -0.15) is 0 Å². The predicted octanol–water partition coefficient (Wildman–Crippen LogP) is 0.625. The first-order chi connectivity index (χ1) is 11.9. The van der Waals surface area contributed by atoms with Gasteiger partial charge >= 0.3 is 0 Å². The Morgan fingerprint density at radius 2 is 1.76 bits per heavy atom. The van der Waals surface area contributed by atoms with Crippen molar-refractivity contribution in [1.82, 2.24) is 19.7 Å². The molecule has 2 fully saturated rings. The maximum atomic E-state index is 12.9. The molecule has 2 saturated heterocycles. The zero-order chi connectivity index (χ0) is 18.0. The molecule has 0 unspecified atom stereocenters. The fourth-order valence-electron chi connectivity index (χ4n) is 3.86. The van der Waals surface area contributed by atoms with E-state index in [2.05, 4.69) is 4.98 Å². The summed E-state index contributed by atoms with van der Waals surface area (Å²) in [5.41, 5.74) is 0.191. The van der Waals surface area contributed by atoms with E-state index in [4.69, 9.17) is 0 Å². The van der Waals surface area contributed by atoms with Crippen LogP contribution >= 0.6 is 0 Å². The summed E-state index contributed by atoms with van der Waals surface area (Å²) in [5.74, 6) is 0.0127. The summed E-state index contributed by atoms with van der Waals surface area (Å²) in [7, 11) is 0. The van der Waals surface area contributed by atoms with Crippen LogP contribution in [0.15, 0.2) is 24.5 Å². The molecule has 3 amide bonds. The van der Waals surface area contributed by atoms with Crippen LogP contribution in [0.4, 0.5) is 0 Å². The van der Waals surface area contributed by atoms with Crippen LogP contribution in [0.5, 0.6) is 0 Å². The summed E-state index contributed by atoms with van der Waals surface area (Å²) < 4.78 is 0. The molecule has 0 aromatic carbocycles. The number of likely N-dealkylation sites (tertiary alicyclic amines) is 1. The van der Waals surface area contributed by atoms with Gasteiger partial charge in [-0.1, -0.05) is 0 Å². The van der Waals surface area contributed by atoms with Gasteiger partial charge in [0.2, 0.25) is 11.8 Å². The van der Waals surface area contributed by atoms with E-state index >= 15 is 0 Å². The monoisotopic (exact) mass is 344 g/mol. The Labute approximate surface area is 147 Å². The van der Waals surface area contributed by atoms with Gasteiger partial charge in [-0.05, 0) is 19.1 Å². The normalized spacial score (nSPS) is 23.9. The number of aromatic nitrogens is 1. The lowest BCUT2D eigenvalue weighted by Crippen LogP contribution is -2.45. The van der Waals surface area contributed by atoms with E-state index in [1.54, 1.807) is 41.2 Å². The Morgan fingerprint density at radius 1 is 1.12 bits per heavy atom. The van der Waals surface area contributed by atoms with Crippen molar-refractivity contribution >= 4 is 17.7 Å². The maximum Gasteiger partial charge on any atom is 0.254 e. The van der Waals surface area contributed by atoms with Crippen LogP contribution in [0.25, 0.3) is 0 Å². The predicted molar refractivity (Wildman–Crippen MR) is 91.7 cm³/mol. The first kappa shape index (κ1) is 17.4. The highest BCUT2D eigenvalue weighted by Gasteiger charge is 2.47. The Hall–Kier alpha value is -2.44. The van der Waals surface area contributed by atoms with Crippen LogP contribution in [0, 0.1) is 5.41 Å². The summed E-state index contributed by atoms with van der Waals surface area (Å²) in [6.07, 6.45) is 3.58. The van der Waals surface area contributed by atoms with Crippen LogP contribution < -0.4 is 0 Å². The highest BCUT2D eigenvalue weighted by atomic mass is 16.2. The fourth-order valence-corrected chi connectivity index (χ4v) is 3.86. The SMILES string of the molecule is CCN1C[C@]2(CC1=O)CN(C(C)=O)CCN(C(=O)c1ccncc1)C2. The summed E-state index contributed by atoms with van der Waals surface area (Å²) in [5, 5.41) is 0. The molecule has 2 aliphatic rings. The number of amides is 3. The van der Waals surface area contributed by atoms with Crippen molar-refractivity contribution < 1.29 is 14.4 Å². The van der Waals surface area contributed by atoms with Gasteiger partial charge in [-0.3, -0.25) is 19.4 Å². The van der Waals surface area contributed by atoms with Gasteiger partial charge < -0.3 is 14.7 Å². The third-order valence-corrected chi connectivity index (χ3v) is 5.14. The summed E-state index contributed by atoms with van der Waals surface area (Å²) in [6.45, 7) is 6.71. The highest BCUT2D eigenvalue weighted by Crippen LogP contribution is 2.35. The van der Waals surface area contributed by atoms with Crippen molar-refractivity contribution in [3.05, 3.63) is 30.1 Å². The molecule has 7 nitrogen and oxygen atoms in total. The lowest BCUT2D eigenvalue weighted by molar-refractivity contribution is -0.130. The second-order valence-corrected chi connectivity index (χ2v) is 6.99. The van der Waals surface area contributed by atoms with Gasteiger partial charge in [0, 0.05) is 76.0 Å². The molecule has 3 heterocycles. The van der Waals surface area contributed by atoms with Crippen molar-refractivity contribution in [2.45, 2.75) is 20.3 Å². The molecule has 1 atom stereocenters. The maximum absolute atomic E-state index is 12.9. The molecule has 1 aromatic heterocycles. The Balaban J connectivity index is 1.88. The van der Waals surface area contributed by atoms with Gasteiger partial charge in [0.15, 0.2) is 0 Å². The van der Waals surface area contributed by atoms with Crippen molar-refractivity contribution in [2.75, 3.05) is 39.3 Å². The van der Waals surface area contributed by atoms with Crippen molar-refractivity contribution in [1.29, 1.82) is 0 Å². The molecular weight excluding hydrogens is 320 g/mol. The van der Waals surface area contributed by atoms with Gasteiger partial charge in [-0.25, -0.2) is 0 Å². The highest BCUT2D eigenvalue weighted by molar-refractivity contribution is 5.94. The average molecular weight is 344 g/mol. The number of rotatable bonds is 2. The van der Waals surface area contributed by atoms with E-state index < -0.39 is 5.41 Å². The average Bonchev–Trinajstić information content (AvgIpc) is 2.80. The number of hydrogen-bond donors (Lipinski definition) is 0. The van der Waals surface area contributed by atoms with Crippen LogP contribution in [0.2, 0.25) is 0 Å². The van der Waals surface area contributed by atoms with Crippen molar-refractivity contribution in [3.8, 4) is 0 Å². The first-order valence-corrected chi connectivity index (χ1v) is 8.67.